The molecule has 5 rings (SSSR count). The van der Waals surface area contributed by atoms with Crippen molar-refractivity contribution in [1.29, 1.82) is 0 Å². The van der Waals surface area contributed by atoms with Crippen molar-refractivity contribution < 1.29 is 23.8 Å². The quantitative estimate of drug-likeness (QED) is 0.271. The number of carbonyl (C=O) groups is 2. The highest BCUT2D eigenvalue weighted by Crippen LogP contribution is 2.31. The lowest BCUT2D eigenvalue weighted by Crippen LogP contribution is -2.40. The van der Waals surface area contributed by atoms with E-state index in [1.165, 1.54) is 23.0 Å². The van der Waals surface area contributed by atoms with Crippen LogP contribution in [0.25, 0.3) is 6.08 Å². The molecule has 1 unspecified atom stereocenters. The van der Waals surface area contributed by atoms with E-state index in [1.54, 1.807) is 37.3 Å². The number of thiazole rings is 1. The molecular formula is C33H30N2O6S. The second-order valence-electron chi connectivity index (χ2n) is 10.2. The fraction of sp³-hybridized carbons (Fsp3) is 0.212. The number of methoxy groups -OCH3 is 1. The molecule has 0 bridgehead atoms. The lowest BCUT2D eigenvalue weighted by Gasteiger charge is -2.25. The van der Waals surface area contributed by atoms with E-state index < -0.39 is 18.0 Å². The maximum atomic E-state index is 13.9. The van der Waals surface area contributed by atoms with Crippen molar-refractivity contribution in [3.05, 3.63) is 127 Å². The van der Waals surface area contributed by atoms with E-state index in [9.17, 15) is 14.4 Å². The Balaban J connectivity index is 1.59. The highest BCUT2D eigenvalue weighted by molar-refractivity contribution is 7.07. The molecule has 0 aliphatic carbocycles. The molecule has 3 aromatic carbocycles. The second kappa shape index (κ2) is 12.4. The first-order valence-corrected chi connectivity index (χ1v) is 14.3. The molecule has 0 fully saturated rings. The average molecular weight is 583 g/mol. The molecule has 0 amide bonds. The van der Waals surface area contributed by atoms with E-state index >= 15 is 0 Å². The Morgan fingerprint density at radius 1 is 0.976 bits per heavy atom. The van der Waals surface area contributed by atoms with Crippen LogP contribution in [0.1, 0.15) is 48.3 Å². The molecule has 2 heterocycles. The van der Waals surface area contributed by atoms with Gasteiger partial charge in [0, 0.05) is 0 Å². The summed E-state index contributed by atoms with van der Waals surface area (Å²) in [7, 11) is 1.31. The van der Waals surface area contributed by atoms with E-state index in [4.69, 9.17) is 14.2 Å². The van der Waals surface area contributed by atoms with E-state index in [2.05, 4.69) is 4.99 Å². The summed E-state index contributed by atoms with van der Waals surface area (Å²) in [6.07, 6.45) is 1.79. The third-order valence-electron chi connectivity index (χ3n) is 6.57. The van der Waals surface area contributed by atoms with Gasteiger partial charge in [-0.1, -0.05) is 67.6 Å². The molecule has 4 aromatic rings. The predicted octanol–water partition coefficient (Wildman–Crippen LogP) is 5.01. The summed E-state index contributed by atoms with van der Waals surface area (Å²) in [5.41, 5.74) is 2.22. The minimum Gasteiger partial charge on any atom is -0.465 e. The standard InChI is InChI=1S/C33H30N2O6S/c1-20(2)19-40-32(38)28-21(3)34-33-35(29(28)23-13-15-24(16-14-23)31(37)39-4)30(36)27(42-33)18-22-9-8-12-26(17-22)41-25-10-6-5-7-11-25/h5-18,20,29H,19H2,1-4H3. The third kappa shape index (κ3) is 6.11. The number of ether oxygens (including phenoxy) is 3. The molecule has 0 saturated carbocycles. The SMILES string of the molecule is COC(=O)c1ccc(C2C(C(=O)OCC(C)C)=C(C)N=c3sc(=Cc4cccc(Oc5ccccc5)c4)c(=O)n32)cc1. The number of allylic oxidation sites excluding steroid dienone is 1. The Hall–Kier alpha value is -4.76. The number of esters is 2. The molecule has 0 saturated heterocycles. The number of hydrogen-bond acceptors (Lipinski definition) is 8. The van der Waals surface area contributed by atoms with Gasteiger partial charge in [0.05, 0.1) is 41.1 Å². The van der Waals surface area contributed by atoms with Crippen molar-refractivity contribution in [2.45, 2.75) is 26.8 Å². The van der Waals surface area contributed by atoms with Crippen LogP contribution in [-0.4, -0.2) is 30.2 Å². The van der Waals surface area contributed by atoms with Gasteiger partial charge in [-0.25, -0.2) is 14.6 Å². The Morgan fingerprint density at radius 3 is 2.38 bits per heavy atom. The first kappa shape index (κ1) is 28.8. The van der Waals surface area contributed by atoms with Crippen LogP contribution >= 0.6 is 11.3 Å². The zero-order valence-corrected chi connectivity index (χ0v) is 24.5. The fourth-order valence-corrected chi connectivity index (χ4v) is 5.63. The van der Waals surface area contributed by atoms with Gasteiger partial charge in [0.25, 0.3) is 5.56 Å². The first-order valence-electron chi connectivity index (χ1n) is 13.5. The van der Waals surface area contributed by atoms with Crippen LogP contribution in [0, 0.1) is 5.92 Å². The van der Waals surface area contributed by atoms with E-state index in [0.29, 0.717) is 37.7 Å². The van der Waals surface area contributed by atoms with Crippen LogP contribution < -0.4 is 19.6 Å². The van der Waals surface area contributed by atoms with Gasteiger partial charge in [0.2, 0.25) is 0 Å². The van der Waals surface area contributed by atoms with Gasteiger partial charge in [0.1, 0.15) is 11.5 Å². The topological polar surface area (TPSA) is 96.2 Å². The normalized spacial score (nSPS) is 14.8. The van der Waals surface area contributed by atoms with Crippen LogP contribution in [-0.2, 0) is 14.3 Å². The summed E-state index contributed by atoms with van der Waals surface area (Å²) in [5.74, 6) is 0.464. The van der Waals surface area contributed by atoms with Crippen LogP contribution in [0.2, 0.25) is 0 Å². The first-order chi connectivity index (χ1) is 20.2. The van der Waals surface area contributed by atoms with Gasteiger partial charge in [0.15, 0.2) is 4.80 Å². The maximum Gasteiger partial charge on any atom is 0.338 e. The molecule has 1 aliphatic rings. The van der Waals surface area contributed by atoms with Crippen LogP contribution in [0.5, 0.6) is 11.5 Å². The van der Waals surface area contributed by atoms with E-state index in [-0.39, 0.29) is 23.7 Å². The Kier molecular flexibility index (Phi) is 8.49. The zero-order valence-electron chi connectivity index (χ0n) is 23.7. The summed E-state index contributed by atoms with van der Waals surface area (Å²) >= 11 is 1.24. The second-order valence-corrected chi connectivity index (χ2v) is 11.2. The van der Waals surface area contributed by atoms with Gasteiger partial charge >= 0.3 is 11.9 Å². The molecule has 1 aromatic heterocycles. The number of fused-ring (bicyclic) bond motifs is 1. The number of rotatable bonds is 8. The Labute approximate surface area is 246 Å². The number of hydrogen-bond donors (Lipinski definition) is 0. The number of nitrogens with zero attached hydrogens (tertiary/aromatic N) is 2. The van der Waals surface area contributed by atoms with Crippen molar-refractivity contribution in [3.8, 4) is 11.5 Å². The largest absolute Gasteiger partial charge is 0.465 e. The Bertz CT molecular complexity index is 1840. The van der Waals surface area contributed by atoms with Crippen LogP contribution in [0.4, 0.5) is 0 Å². The van der Waals surface area contributed by atoms with Crippen molar-refractivity contribution in [1.82, 2.24) is 4.57 Å². The highest BCUT2D eigenvalue weighted by atomic mass is 32.1. The summed E-state index contributed by atoms with van der Waals surface area (Å²) in [6, 6.07) is 22.8. The average Bonchev–Trinajstić information content (AvgIpc) is 3.29. The lowest BCUT2D eigenvalue weighted by molar-refractivity contribution is -0.140. The zero-order chi connectivity index (χ0) is 29.8. The number of carbonyl (C=O) groups excluding carboxylic acids is 2. The fourth-order valence-electron chi connectivity index (χ4n) is 4.58. The monoisotopic (exact) mass is 582 g/mol. The lowest BCUT2D eigenvalue weighted by atomic mass is 9.95. The summed E-state index contributed by atoms with van der Waals surface area (Å²) in [5, 5.41) is 0. The smallest absolute Gasteiger partial charge is 0.338 e. The molecule has 214 valence electrons. The maximum absolute atomic E-state index is 13.9. The summed E-state index contributed by atoms with van der Waals surface area (Å²) < 4.78 is 18.4. The number of aromatic nitrogens is 1. The summed E-state index contributed by atoms with van der Waals surface area (Å²) in [4.78, 5) is 44.5. The minimum absolute atomic E-state index is 0.135. The third-order valence-corrected chi connectivity index (χ3v) is 7.55. The van der Waals surface area contributed by atoms with Crippen molar-refractivity contribution >= 4 is 29.4 Å². The van der Waals surface area contributed by atoms with Gasteiger partial charge in [-0.2, -0.15) is 0 Å². The minimum atomic E-state index is -0.789. The molecule has 42 heavy (non-hydrogen) atoms. The van der Waals surface area contributed by atoms with Gasteiger partial charge in [-0.15, -0.1) is 0 Å². The van der Waals surface area contributed by atoms with Crippen molar-refractivity contribution in [2.24, 2.45) is 10.9 Å². The molecule has 0 radical (unpaired) electrons. The Morgan fingerprint density at radius 2 is 1.69 bits per heavy atom. The molecule has 8 nitrogen and oxygen atoms in total. The molecule has 1 aliphatic heterocycles. The van der Waals surface area contributed by atoms with Crippen molar-refractivity contribution in [2.75, 3.05) is 13.7 Å². The summed E-state index contributed by atoms with van der Waals surface area (Å²) in [6.45, 7) is 5.87. The van der Waals surface area contributed by atoms with Gasteiger partial charge < -0.3 is 14.2 Å². The molecule has 1 atom stereocenters. The number of para-hydroxylation sites is 1. The highest BCUT2D eigenvalue weighted by Gasteiger charge is 2.33. The molecule has 9 heteroatoms. The van der Waals surface area contributed by atoms with E-state index in [1.807, 2.05) is 68.4 Å². The van der Waals surface area contributed by atoms with Crippen LogP contribution in [0.15, 0.2) is 99.9 Å². The van der Waals surface area contributed by atoms with Crippen molar-refractivity contribution in [3.63, 3.8) is 0 Å². The van der Waals surface area contributed by atoms with Crippen LogP contribution in [0.3, 0.4) is 0 Å². The van der Waals surface area contributed by atoms with E-state index in [0.717, 1.165) is 5.56 Å². The number of benzene rings is 3. The molecule has 0 spiro atoms. The predicted molar refractivity (Wildman–Crippen MR) is 160 cm³/mol. The molecule has 0 N–H and O–H groups in total. The molecular weight excluding hydrogens is 552 g/mol. The van der Waals surface area contributed by atoms with Gasteiger partial charge in [-0.3, -0.25) is 9.36 Å². The van der Waals surface area contributed by atoms with Gasteiger partial charge in [-0.05, 0) is 66.4 Å².